The second-order valence-corrected chi connectivity index (χ2v) is 8.44. The van der Waals surface area contributed by atoms with Gasteiger partial charge in [0, 0.05) is 28.0 Å². The summed E-state index contributed by atoms with van der Waals surface area (Å²) < 4.78 is 0. The normalized spacial score (nSPS) is 35.0. The molecule has 2 aliphatic rings. The molecule has 2 saturated heterocycles. The lowest BCUT2D eigenvalue weighted by molar-refractivity contribution is -0.132. The molecule has 0 amide bonds. The van der Waals surface area contributed by atoms with Gasteiger partial charge in [0.05, 0.1) is 6.04 Å². The van der Waals surface area contributed by atoms with E-state index >= 15 is 0 Å². The van der Waals surface area contributed by atoms with Gasteiger partial charge in [-0.15, -0.1) is 11.8 Å². The molecule has 2 fully saturated rings. The molecule has 2 heterocycles. The summed E-state index contributed by atoms with van der Waals surface area (Å²) in [5.74, 6) is 0.417. The number of rotatable bonds is 1. The summed E-state index contributed by atoms with van der Waals surface area (Å²) in [6, 6.07) is 0.148. The number of Topliss-reactive ketones (excluding diaryl/α,β-unsaturated/α-hetero) is 1. The number of fused-ring (bicyclic) bond motifs is 1. The van der Waals surface area contributed by atoms with Crippen LogP contribution < -0.4 is 0 Å². The van der Waals surface area contributed by atoms with E-state index in [1.165, 1.54) is 0 Å². The highest BCUT2D eigenvalue weighted by atomic mass is 32.2. The standard InChI is InChI=1S/C13H23NOS/c1-12(2,3)11(15)9-10-8(16-10)7-14(9)13(4,5)6/h8-10H,7H2,1-6H3. The number of hydrogen-bond acceptors (Lipinski definition) is 3. The Hall–Kier alpha value is -0.0200. The van der Waals surface area contributed by atoms with Crippen molar-refractivity contribution in [2.24, 2.45) is 5.41 Å². The molecule has 3 heteroatoms. The molecule has 2 rings (SSSR count). The lowest BCUT2D eigenvalue weighted by Crippen LogP contribution is -2.53. The van der Waals surface area contributed by atoms with Gasteiger partial charge in [0.15, 0.2) is 5.78 Å². The Labute approximate surface area is 103 Å². The molecule has 0 spiro atoms. The number of ketones is 1. The van der Waals surface area contributed by atoms with Gasteiger partial charge in [-0.05, 0) is 20.8 Å². The van der Waals surface area contributed by atoms with Crippen LogP contribution in [0.25, 0.3) is 0 Å². The zero-order chi connectivity index (χ0) is 12.3. The van der Waals surface area contributed by atoms with E-state index in [4.69, 9.17) is 0 Å². The molecule has 0 aliphatic carbocycles. The second kappa shape index (κ2) is 3.49. The van der Waals surface area contributed by atoms with Crippen LogP contribution in [-0.4, -0.2) is 39.3 Å². The minimum absolute atomic E-state index is 0.111. The quantitative estimate of drug-likeness (QED) is 0.658. The molecule has 0 N–H and O–H groups in total. The molecule has 0 bridgehead atoms. The van der Waals surface area contributed by atoms with Crippen LogP contribution in [-0.2, 0) is 4.79 Å². The Morgan fingerprint density at radius 2 is 1.75 bits per heavy atom. The second-order valence-electron chi connectivity index (χ2n) is 7.02. The van der Waals surface area contributed by atoms with Crippen LogP contribution in [0.4, 0.5) is 0 Å². The number of carbonyl (C=O) groups excluding carboxylic acids is 1. The molecule has 3 unspecified atom stereocenters. The molecular weight excluding hydrogens is 218 g/mol. The number of likely N-dealkylation sites (tertiary alicyclic amines) is 1. The van der Waals surface area contributed by atoms with Crippen molar-refractivity contribution in [3.63, 3.8) is 0 Å². The minimum Gasteiger partial charge on any atom is -0.297 e. The fraction of sp³-hybridized carbons (Fsp3) is 0.923. The van der Waals surface area contributed by atoms with Gasteiger partial charge in [-0.3, -0.25) is 9.69 Å². The molecule has 0 aromatic carbocycles. The third-order valence-corrected chi connectivity index (χ3v) is 4.89. The van der Waals surface area contributed by atoms with Gasteiger partial charge in [-0.2, -0.15) is 0 Å². The number of nitrogens with zero attached hydrogens (tertiary/aromatic N) is 1. The van der Waals surface area contributed by atoms with E-state index in [2.05, 4.69) is 25.7 Å². The van der Waals surface area contributed by atoms with Gasteiger partial charge in [-0.25, -0.2) is 0 Å². The summed E-state index contributed by atoms with van der Waals surface area (Å²) in [6.07, 6.45) is 0. The highest BCUT2D eigenvalue weighted by molar-refractivity contribution is 8.07. The molecule has 3 atom stereocenters. The zero-order valence-corrected chi connectivity index (χ0v) is 12.0. The van der Waals surface area contributed by atoms with Crippen molar-refractivity contribution in [3.05, 3.63) is 0 Å². The summed E-state index contributed by atoms with van der Waals surface area (Å²) in [5, 5.41) is 1.29. The van der Waals surface area contributed by atoms with Crippen molar-refractivity contribution >= 4 is 17.5 Å². The van der Waals surface area contributed by atoms with E-state index in [0.717, 1.165) is 11.8 Å². The third kappa shape index (κ3) is 2.04. The molecule has 0 aromatic heterocycles. The average molecular weight is 241 g/mol. The number of hydrogen-bond donors (Lipinski definition) is 0. The van der Waals surface area contributed by atoms with Gasteiger partial charge >= 0.3 is 0 Å². The van der Waals surface area contributed by atoms with Crippen LogP contribution in [0.2, 0.25) is 0 Å². The van der Waals surface area contributed by atoms with Crippen molar-refractivity contribution in [1.29, 1.82) is 0 Å². The summed E-state index contributed by atoms with van der Waals surface area (Å²) in [6.45, 7) is 13.8. The summed E-state index contributed by atoms with van der Waals surface area (Å²) >= 11 is 1.99. The number of carbonyl (C=O) groups is 1. The molecule has 2 aliphatic heterocycles. The van der Waals surface area contributed by atoms with E-state index in [-0.39, 0.29) is 17.0 Å². The molecule has 0 saturated carbocycles. The van der Waals surface area contributed by atoms with E-state index in [1.807, 2.05) is 32.5 Å². The Bertz CT molecular complexity index is 313. The largest absolute Gasteiger partial charge is 0.297 e. The van der Waals surface area contributed by atoms with Crippen LogP contribution in [0.1, 0.15) is 41.5 Å². The maximum absolute atomic E-state index is 12.5. The monoisotopic (exact) mass is 241 g/mol. The molecule has 0 aromatic rings. The smallest absolute Gasteiger partial charge is 0.156 e. The van der Waals surface area contributed by atoms with Crippen molar-refractivity contribution in [2.45, 2.75) is 63.6 Å². The zero-order valence-electron chi connectivity index (χ0n) is 11.2. The Balaban J connectivity index is 2.21. The van der Waals surface area contributed by atoms with E-state index in [1.54, 1.807) is 0 Å². The van der Waals surface area contributed by atoms with E-state index < -0.39 is 0 Å². The summed E-state index contributed by atoms with van der Waals surface area (Å²) in [7, 11) is 0. The number of thioether (sulfide) groups is 1. The van der Waals surface area contributed by atoms with Crippen LogP contribution in [0.5, 0.6) is 0 Å². The van der Waals surface area contributed by atoms with Gasteiger partial charge in [0.2, 0.25) is 0 Å². The van der Waals surface area contributed by atoms with Crippen LogP contribution in [0.15, 0.2) is 0 Å². The van der Waals surface area contributed by atoms with Crippen molar-refractivity contribution < 1.29 is 4.79 Å². The third-order valence-electron chi connectivity index (χ3n) is 3.51. The Kier molecular flexibility index (Phi) is 2.71. The lowest BCUT2D eigenvalue weighted by atomic mass is 9.84. The first-order valence-corrected chi connectivity index (χ1v) is 7.03. The highest BCUT2D eigenvalue weighted by Crippen LogP contribution is 2.53. The van der Waals surface area contributed by atoms with Crippen molar-refractivity contribution in [1.82, 2.24) is 4.90 Å². The first-order valence-electron chi connectivity index (χ1n) is 6.09. The SMILES string of the molecule is CC(C)(C)C(=O)C1C2SC2CN1C(C)(C)C. The first kappa shape index (κ1) is 12.4. The van der Waals surface area contributed by atoms with Gasteiger partial charge in [-0.1, -0.05) is 20.8 Å². The fourth-order valence-corrected chi connectivity index (χ4v) is 3.71. The summed E-state index contributed by atoms with van der Waals surface area (Å²) in [4.78, 5) is 14.9. The van der Waals surface area contributed by atoms with Crippen LogP contribution >= 0.6 is 11.8 Å². The van der Waals surface area contributed by atoms with Crippen molar-refractivity contribution in [2.75, 3.05) is 6.54 Å². The van der Waals surface area contributed by atoms with Gasteiger partial charge in [0.25, 0.3) is 0 Å². The fourth-order valence-electron chi connectivity index (χ4n) is 2.49. The highest BCUT2D eigenvalue weighted by Gasteiger charge is 2.59. The Morgan fingerprint density at radius 3 is 2.19 bits per heavy atom. The molecular formula is C13H23NOS. The van der Waals surface area contributed by atoms with Gasteiger partial charge in [0.1, 0.15) is 0 Å². The van der Waals surface area contributed by atoms with Crippen molar-refractivity contribution in [3.8, 4) is 0 Å². The molecule has 16 heavy (non-hydrogen) atoms. The van der Waals surface area contributed by atoms with E-state index in [0.29, 0.717) is 11.0 Å². The van der Waals surface area contributed by atoms with Crippen LogP contribution in [0.3, 0.4) is 0 Å². The molecule has 2 nitrogen and oxygen atoms in total. The first-order chi connectivity index (χ1) is 7.12. The molecule has 92 valence electrons. The van der Waals surface area contributed by atoms with Crippen LogP contribution in [0, 0.1) is 5.41 Å². The maximum Gasteiger partial charge on any atom is 0.156 e. The minimum atomic E-state index is -0.216. The molecule has 0 radical (unpaired) electrons. The predicted octanol–water partition coefficient (Wildman–Crippen LogP) is 2.57. The maximum atomic E-state index is 12.5. The summed E-state index contributed by atoms with van der Waals surface area (Å²) in [5.41, 5.74) is -0.105. The topological polar surface area (TPSA) is 20.3 Å². The Morgan fingerprint density at radius 1 is 1.19 bits per heavy atom. The average Bonchev–Trinajstić information content (AvgIpc) is 2.73. The lowest BCUT2D eigenvalue weighted by Gasteiger charge is -2.39. The van der Waals surface area contributed by atoms with E-state index in [9.17, 15) is 4.79 Å². The predicted molar refractivity (Wildman–Crippen MR) is 69.9 cm³/mol. The van der Waals surface area contributed by atoms with Gasteiger partial charge < -0.3 is 0 Å².